The summed E-state index contributed by atoms with van der Waals surface area (Å²) in [6.07, 6.45) is 0.970. The van der Waals surface area contributed by atoms with E-state index in [1.165, 1.54) is 14.7 Å². The van der Waals surface area contributed by atoms with Gasteiger partial charge in [-0.1, -0.05) is 51.8 Å². The summed E-state index contributed by atoms with van der Waals surface area (Å²) in [7, 11) is 0. The first-order chi connectivity index (χ1) is 8.15. The van der Waals surface area contributed by atoms with Crippen LogP contribution in [0, 0.1) is 3.57 Å². The third kappa shape index (κ3) is 3.97. The first-order valence-electron chi connectivity index (χ1n) is 5.29. The average molecular weight is 422 g/mol. The molecule has 0 radical (unpaired) electrons. The van der Waals surface area contributed by atoms with Gasteiger partial charge in [0.25, 0.3) is 0 Å². The Bertz CT molecular complexity index is 496. The highest BCUT2D eigenvalue weighted by atomic mass is 127. The van der Waals surface area contributed by atoms with Crippen LogP contribution in [0.25, 0.3) is 0 Å². The first-order valence-corrected chi connectivity index (χ1v) is 7.66. The van der Waals surface area contributed by atoms with Gasteiger partial charge in [0.1, 0.15) is 0 Å². The average Bonchev–Trinajstić information content (AvgIpc) is 2.32. The van der Waals surface area contributed by atoms with Gasteiger partial charge >= 0.3 is 0 Å². The number of halogens is 3. The lowest BCUT2D eigenvalue weighted by Crippen LogP contribution is -1.95. The zero-order valence-corrected chi connectivity index (χ0v) is 13.5. The molecule has 0 heterocycles. The smallest absolute Gasteiger partial charge is 0.0435 e. The Balaban J connectivity index is 2.11. The molecule has 0 aliphatic heterocycles. The SMILES string of the molecule is Clc1ccc(CC(Br)c2cccc(I)c2)cc1. The molecule has 2 aromatic carbocycles. The van der Waals surface area contributed by atoms with E-state index in [1.54, 1.807) is 0 Å². The molecular weight excluding hydrogens is 410 g/mol. The van der Waals surface area contributed by atoms with Crippen LogP contribution in [0.5, 0.6) is 0 Å². The van der Waals surface area contributed by atoms with Crippen LogP contribution in [0.4, 0.5) is 0 Å². The van der Waals surface area contributed by atoms with Gasteiger partial charge in [-0.2, -0.15) is 0 Å². The fourth-order valence-electron chi connectivity index (χ4n) is 1.65. The predicted octanol–water partition coefficient (Wildman–Crippen LogP) is 5.62. The predicted molar refractivity (Wildman–Crippen MR) is 86.0 cm³/mol. The van der Waals surface area contributed by atoms with Crippen molar-refractivity contribution in [2.75, 3.05) is 0 Å². The maximum Gasteiger partial charge on any atom is 0.0435 e. The first kappa shape index (κ1) is 13.4. The molecule has 0 aliphatic carbocycles. The van der Waals surface area contributed by atoms with Crippen LogP contribution < -0.4 is 0 Å². The zero-order valence-electron chi connectivity index (χ0n) is 9.04. The Morgan fingerprint density at radius 1 is 1.12 bits per heavy atom. The van der Waals surface area contributed by atoms with Crippen molar-refractivity contribution in [3.8, 4) is 0 Å². The van der Waals surface area contributed by atoms with Crippen molar-refractivity contribution in [1.82, 2.24) is 0 Å². The lowest BCUT2D eigenvalue weighted by atomic mass is 10.0. The van der Waals surface area contributed by atoms with Crippen LogP contribution in [0.2, 0.25) is 5.02 Å². The maximum atomic E-state index is 5.87. The van der Waals surface area contributed by atoms with Crippen molar-refractivity contribution in [3.05, 3.63) is 68.3 Å². The molecule has 1 atom stereocenters. The van der Waals surface area contributed by atoms with Crippen molar-refractivity contribution >= 4 is 50.1 Å². The summed E-state index contributed by atoms with van der Waals surface area (Å²) < 4.78 is 1.26. The van der Waals surface area contributed by atoms with Gasteiger partial charge in [-0.3, -0.25) is 0 Å². The van der Waals surface area contributed by atoms with Crippen molar-refractivity contribution < 1.29 is 0 Å². The minimum atomic E-state index is 0.346. The molecule has 88 valence electrons. The molecule has 0 amide bonds. The molecule has 0 aromatic heterocycles. The van der Waals surface area contributed by atoms with E-state index in [-0.39, 0.29) is 0 Å². The standard InChI is InChI=1S/C14H11BrClI/c15-14(11-2-1-3-13(17)9-11)8-10-4-6-12(16)7-5-10/h1-7,9,14H,8H2. The molecule has 2 rings (SSSR count). The summed E-state index contributed by atoms with van der Waals surface area (Å²) in [6.45, 7) is 0. The van der Waals surface area contributed by atoms with Crippen LogP contribution in [-0.2, 0) is 6.42 Å². The minimum absolute atomic E-state index is 0.346. The van der Waals surface area contributed by atoms with Crippen LogP contribution in [0.15, 0.2) is 48.5 Å². The molecule has 1 unspecified atom stereocenters. The van der Waals surface area contributed by atoms with E-state index < -0.39 is 0 Å². The highest BCUT2D eigenvalue weighted by Gasteiger charge is 2.08. The molecule has 0 saturated carbocycles. The van der Waals surface area contributed by atoms with Gasteiger partial charge in [-0.15, -0.1) is 0 Å². The largest absolute Gasteiger partial charge is 0.0843 e. The second-order valence-corrected chi connectivity index (χ2v) is 6.64. The van der Waals surface area contributed by atoms with E-state index >= 15 is 0 Å². The maximum absolute atomic E-state index is 5.87. The van der Waals surface area contributed by atoms with Gasteiger partial charge in [0, 0.05) is 13.4 Å². The lowest BCUT2D eigenvalue weighted by molar-refractivity contribution is 0.948. The Morgan fingerprint density at radius 2 is 1.82 bits per heavy atom. The van der Waals surface area contributed by atoms with E-state index in [4.69, 9.17) is 11.6 Å². The molecule has 0 spiro atoms. The minimum Gasteiger partial charge on any atom is -0.0843 e. The number of hydrogen-bond donors (Lipinski definition) is 0. The Kier molecular flexibility index (Phi) is 4.88. The Labute approximate surface area is 129 Å². The third-order valence-electron chi connectivity index (χ3n) is 2.54. The summed E-state index contributed by atoms with van der Waals surface area (Å²) in [6, 6.07) is 16.6. The van der Waals surface area contributed by atoms with Gasteiger partial charge in [-0.25, -0.2) is 0 Å². The molecule has 3 heteroatoms. The van der Waals surface area contributed by atoms with Gasteiger partial charge in [0.15, 0.2) is 0 Å². The van der Waals surface area contributed by atoms with Gasteiger partial charge in [-0.05, 0) is 64.4 Å². The second kappa shape index (κ2) is 6.21. The van der Waals surface area contributed by atoms with Crippen molar-refractivity contribution in [1.29, 1.82) is 0 Å². The van der Waals surface area contributed by atoms with E-state index in [2.05, 4.69) is 74.9 Å². The summed E-state index contributed by atoms with van der Waals surface area (Å²) in [5.74, 6) is 0. The van der Waals surface area contributed by atoms with Crippen molar-refractivity contribution in [2.24, 2.45) is 0 Å². The molecule has 0 aliphatic rings. The number of rotatable bonds is 3. The van der Waals surface area contributed by atoms with E-state index in [1.807, 2.05) is 12.1 Å². The monoisotopic (exact) mass is 420 g/mol. The Morgan fingerprint density at radius 3 is 2.47 bits per heavy atom. The van der Waals surface area contributed by atoms with Crippen LogP contribution in [0.3, 0.4) is 0 Å². The summed E-state index contributed by atoms with van der Waals surface area (Å²) in [4.78, 5) is 0.346. The topological polar surface area (TPSA) is 0 Å². The Hall–Kier alpha value is -0.0600. The second-order valence-electron chi connectivity index (χ2n) is 3.85. The van der Waals surface area contributed by atoms with Gasteiger partial charge in [0.05, 0.1) is 0 Å². The lowest BCUT2D eigenvalue weighted by Gasteiger charge is -2.10. The van der Waals surface area contributed by atoms with E-state index in [9.17, 15) is 0 Å². The van der Waals surface area contributed by atoms with E-state index in [0.29, 0.717) is 4.83 Å². The fourth-order valence-corrected chi connectivity index (χ4v) is 3.00. The van der Waals surface area contributed by atoms with E-state index in [0.717, 1.165) is 11.4 Å². The highest BCUT2D eigenvalue weighted by molar-refractivity contribution is 14.1. The zero-order chi connectivity index (χ0) is 12.3. The number of hydrogen-bond acceptors (Lipinski definition) is 0. The highest BCUT2D eigenvalue weighted by Crippen LogP contribution is 2.28. The molecular formula is C14H11BrClI. The summed E-state index contributed by atoms with van der Waals surface area (Å²) in [5.41, 5.74) is 2.60. The summed E-state index contributed by atoms with van der Waals surface area (Å²) in [5, 5.41) is 0.786. The van der Waals surface area contributed by atoms with Crippen LogP contribution >= 0.6 is 50.1 Å². The fraction of sp³-hybridized carbons (Fsp3) is 0.143. The van der Waals surface area contributed by atoms with Crippen molar-refractivity contribution in [2.45, 2.75) is 11.2 Å². The van der Waals surface area contributed by atoms with Crippen molar-refractivity contribution in [3.63, 3.8) is 0 Å². The molecule has 0 bridgehead atoms. The molecule has 2 aromatic rings. The van der Waals surface area contributed by atoms with Gasteiger partial charge < -0.3 is 0 Å². The molecule has 0 N–H and O–H groups in total. The molecule has 0 nitrogen and oxygen atoms in total. The normalized spacial score (nSPS) is 12.4. The quantitative estimate of drug-likeness (QED) is 0.446. The number of benzene rings is 2. The summed E-state index contributed by atoms with van der Waals surface area (Å²) >= 11 is 11.9. The molecule has 0 saturated heterocycles. The van der Waals surface area contributed by atoms with Crippen LogP contribution in [-0.4, -0.2) is 0 Å². The number of alkyl halides is 1. The molecule has 17 heavy (non-hydrogen) atoms. The van der Waals surface area contributed by atoms with Gasteiger partial charge in [0.2, 0.25) is 0 Å². The third-order valence-corrected chi connectivity index (χ3v) is 4.31. The molecule has 0 fully saturated rings. The van der Waals surface area contributed by atoms with Crippen LogP contribution in [0.1, 0.15) is 16.0 Å².